The Morgan fingerprint density at radius 2 is 1.78 bits per heavy atom. The van der Waals surface area contributed by atoms with Crippen LogP contribution in [0.4, 0.5) is 0 Å². The van der Waals surface area contributed by atoms with Crippen molar-refractivity contribution in [2.24, 2.45) is 0 Å². The van der Waals surface area contributed by atoms with Crippen molar-refractivity contribution in [2.75, 3.05) is 6.61 Å². The summed E-state index contributed by atoms with van der Waals surface area (Å²) < 4.78 is 6.08. The fourth-order valence-electron chi connectivity index (χ4n) is 3.21. The molecule has 0 amide bonds. The Morgan fingerprint density at radius 1 is 1.13 bits per heavy atom. The van der Waals surface area contributed by atoms with E-state index >= 15 is 0 Å². The molecule has 23 heavy (non-hydrogen) atoms. The third-order valence-electron chi connectivity index (χ3n) is 4.69. The minimum absolute atomic E-state index is 0.286. The Morgan fingerprint density at radius 3 is 2.48 bits per heavy atom. The highest BCUT2D eigenvalue weighted by atomic mass is 32.2. The molecule has 0 spiro atoms. The Labute approximate surface area is 143 Å². The second-order valence-corrected chi connectivity index (χ2v) is 7.58. The lowest BCUT2D eigenvalue weighted by molar-refractivity contribution is -0.00176. The molecule has 1 aliphatic heterocycles. The zero-order valence-corrected chi connectivity index (χ0v) is 15.0. The molecule has 0 aliphatic carbocycles. The van der Waals surface area contributed by atoms with Crippen molar-refractivity contribution in [1.29, 1.82) is 0 Å². The maximum atomic E-state index is 6.08. The third kappa shape index (κ3) is 3.11. The summed E-state index contributed by atoms with van der Waals surface area (Å²) in [5.74, 6) is 0. The SMILES string of the molecule is C=C(C)[C@@](C)(CC1Sc2ccccc2-c2ccccc21)OCC. The van der Waals surface area contributed by atoms with Crippen molar-refractivity contribution in [3.05, 3.63) is 66.2 Å². The van der Waals surface area contributed by atoms with Crippen molar-refractivity contribution in [3.63, 3.8) is 0 Å². The smallest absolute Gasteiger partial charge is 0.0871 e. The van der Waals surface area contributed by atoms with Crippen LogP contribution in [0.5, 0.6) is 0 Å². The van der Waals surface area contributed by atoms with Gasteiger partial charge in [0, 0.05) is 16.8 Å². The molecule has 1 heterocycles. The highest BCUT2D eigenvalue weighted by Crippen LogP contribution is 2.52. The van der Waals surface area contributed by atoms with Crippen LogP contribution in [-0.2, 0) is 4.74 Å². The topological polar surface area (TPSA) is 9.23 Å². The van der Waals surface area contributed by atoms with Gasteiger partial charge in [-0.15, -0.1) is 11.8 Å². The van der Waals surface area contributed by atoms with E-state index in [1.165, 1.54) is 21.6 Å². The molecule has 0 saturated carbocycles. The third-order valence-corrected chi connectivity index (χ3v) is 6.01. The van der Waals surface area contributed by atoms with Crippen LogP contribution in [0.1, 0.15) is 38.0 Å². The van der Waals surface area contributed by atoms with Crippen molar-refractivity contribution in [2.45, 2.75) is 42.9 Å². The number of hydrogen-bond donors (Lipinski definition) is 0. The Bertz CT molecular complexity index is 721. The van der Waals surface area contributed by atoms with E-state index in [-0.39, 0.29) is 5.60 Å². The summed E-state index contributed by atoms with van der Waals surface area (Å²) in [6.45, 7) is 11.2. The number of ether oxygens (including phenoxy) is 1. The molecule has 1 aliphatic rings. The van der Waals surface area contributed by atoms with E-state index in [0.29, 0.717) is 11.9 Å². The largest absolute Gasteiger partial charge is 0.371 e. The summed E-state index contributed by atoms with van der Waals surface area (Å²) in [6.07, 6.45) is 0.937. The normalized spacial score (nSPS) is 18.7. The van der Waals surface area contributed by atoms with Gasteiger partial charge in [0.05, 0.1) is 5.60 Å². The maximum absolute atomic E-state index is 6.08. The van der Waals surface area contributed by atoms with Crippen LogP contribution in [0.15, 0.2) is 65.6 Å². The number of thioether (sulfide) groups is 1. The second-order valence-electron chi connectivity index (χ2n) is 6.34. The molecule has 0 saturated heterocycles. The van der Waals surface area contributed by atoms with Crippen LogP contribution >= 0.6 is 11.8 Å². The second kappa shape index (κ2) is 6.54. The van der Waals surface area contributed by atoms with Crippen LogP contribution in [0, 0.1) is 0 Å². The van der Waals surface area contributed by atoms with Gasteiger partial charge in [-0.1, -0.05) is 49.0 Å². The number of benzene rings is 2. The number of rotatable bonds is 5. The summed E-state index contributed by atoms with van der Waals surface area (Å²) in [5, 5.41) is 0.384. The van der Waals surface area contributed by atoms with Gasteiger partial charge in [-0.2, -0.15) is 0 Å². The van der Waals surface area contributed by atoms with Gasteiger partial charge >= 0.3 is 0 Å². The molecular formula is C21H24OS. The van der Waals surface area contributed by atoms with Crippen molar-refractivity contribution >= 4 is 11.8 Å². The summed E-state index contributed by atoms with van der Waals surface area (Å²) in [6, 6.07) is 17.4. The number of hydrogen-bond acceptors (Lipinski definition) is 2. The monoisotopic (exact) mass is 324 g/mol. The van der Waals surface area contributed by atoms with E-state index in [4.69, 9.17) is 4.74 Å². The molecule has 2 aromatic carbocycles. The summed E-state index contributed by atoms with van der Waals surface area (Å²) >= 11 is 1.95. The molecular weight excluding hydrogens is 300 g/mol. The lowest BCUT2D eigenvalue weighted by Gasteiger charge is -2.36. The van der Waals surface area contributed by atoms with E-state index in [0.717, 1.165) is 12.0 Å². The molecule has 1 nitrogen and oxygen atoms in total. The first-order valence-electron chi connectivity index (χ1n) is 8.20. The molecule has 120 valence electrons. The van der Waals surface area contributed by atoms with Gasteiger partial charge in [-0.3, -0.25) is 0 Å². The summed E-state index contributed by atoms with van der Waals surface area (Å²) in [7, 11) is 0. The highest BCUT2D eigenvalue weighted by Gasteiger charge is 2.34. The van der Waals surface area contributed by atoms with Crippen molar-refractivity contribution < 1.29 is 4.74 Å². The molecule has 0 radical (unpaired) electrons. The summed E-state index contributed by atoms with van der Waals surface area (Å²) in [4.78, 5) is 1.36. The van der Waals surface area contributed by atoms with Gasteiger partial charge in [0.2, 0.25) is 0 Å². The average molecular weight is 324 g/mol. The molecule has 2 aromatic rings. The molecule has 1 unspecified atom stereocenters. The minimum atomic E-state index is -0.286. The lowest BCUT2D eigenvalue weighted by Crippen LogP contribution is -2.32. The molecule has 0 fully saturated rings. The van der Waals surface area contributed by atoms with E-state index < -0.39 is 0 Å². The van der Waals surface area contributed by atoms with Crippen LogP contribution in [0.2, 0.25) is 0 Å². The van der Waals surface area contributed by atoms with Gasteiger partial charge in [-0.05, 0) is 55.5 Å². The zero-order valence-electron chi connectivity index (χ0n) is 14.1. The average Bonchev–Trinajstić information content (AvgIpc) is 2.55. The minimum Gasteiger partial charge on any atom is -0.371 e. The molecule has 0 bridgehead atoms. The Balaban J connectivity index is 2.01. The molecule has 0 N–H and O–H groups in total. The standard InChI is InChI=1S/C21H24OS/c1-5-22-21(4,15(2)3)14-20-18-12-7-6-10-16(18)17-11-8-9-13-19(17)23-20/h6-13,20H,2,5,14H2,1,3-4H3/t20?,21-/m1/s1. The molecule has 2 heteroatoms. The molecule has 3 rings (SSSR count). The van der Waals surface area contributed by atoms with Crippen molar-refractivity contribution in [3.8, 4) is 11.1 Å². The van der Waals surface area contributed by atoms with Gasteiger partial charge in [-0.25, -0.2) is 0 Å². The van der Waals surface area contributed by atoms with E-state index in [1.807, 2.05) is 11.8 Å². The van der Waals surface area contributed by atoms with Gasteiger partial charge < -0.3 is 4.74 Å². The lowest BCUT2D eigenvalue weighted by atomic mass is 9.87. The fraction of sp³-hybridized carbons (Fsp3) is 0.333. The molecule has 2 atom stereocenters. The first kappa shape index (κ1) is 16.4. The van der Waals surface area contributed by atoms with Crippen molar-refractivity contribution in [1.82, 2.24) is 0 Å². The summed E-state index contributed by atoms with van der Waals surface area (Å²) in [5.41, 5.74) is 4.91. The van der Waals surface area contributed by atoms with Gasteiger partial charge in [0.25, 0.3) is 0 Å². The predicted octanol–water partition coefficient (Wildman–Crippen LogP) is 6.26. The predicted molar refractivity (Wildman–Crippen MR) is 99.9 cm³/mol. The first-order chi connectivity index (χ1) is 11.0. The maximum Gasteiger partial charge on any atom is 0.0871 e. The van der Waals surface area contributed by atoms with E-state index in [1.54, 1.807) is 0 Å². The zero-order chi connectivity index (χ0) is 16.4. The Kier molecular flexibility index (Phi) is 4.65. The van der Waals surface area contributed by atoms with Crippen LogP contribution in [0.25, 0.3) is 11.1 Å². The van der Waals surface area contributed by atoms with Gasteiger partial charge in [0.15, 0.2) is 0 Å². The fourth-order valence-corrected chi connectivity index (χ4v) is 4.71. The quantitative estimate of drug-likeness (QED) is 0.600. The first-order valence-corrected chi connectivity index (χ1v) is 9.08. The number of fused-ring (bicyclic) bond motifs is 3. The van der Waals surface area contributed by atoms with Crippen LogP contribution in [0.3, 0.4) is 0 Å². The van der Waals surface area contributed by atoms with E-state index in [2.05, 4.69) is 75.9 Å². The van der Waals surface area contributed by atoms with Crippen LogP contribution in [-0.4, -0.2) is 12.2 Å². The van der Waals surface area contributed by atoms with E-state index in [9.17, 15) is 0 Å². The van der Waals surface area contributed by atoms with Crippen LogP contribution < -0.4 is 0 Å². The molecule has 0 aromatic heterocycles. The Hall–Kier alpha value is -1.51. The van der Waals surface area contributed by atoms with Gasteiger partial charge in [0.1, 0.15) is 0 Å². The highest BCUT2D eigenvalue weighted by molar-refractivity contribution is 7.99.